The van der Waals surface area contributed by atoms with Crippen LogP contribution in [0.15, 0.2) is 67.3 Å². The Balaban J connectivity index is 1.33. The molecule has 2 aromatic carbocycles. The first-order chi connectivity index (χ1) is 19.4. The Morgan fingerprint density at radius 3 is 2.50 bits per heavy atom. The zero-order chi connectivity index (χ0) is 27.8. The summed E-state index contributed by atoms with van der Waals surface area (Å²) >= 11 is 0. The molecule has 3 aromatic heterocycles. The molecule has 0 radical (unpaired) electrons. The molecule has 1 fully saturated rings. The molecule has 0 saturated carbocycles. The van der Waals surface area contributed by atoms with Gasteiger partial charge >= 0.3 is 0 Å². The Bertz CT molecular complexity index is 1760. The summed E-state index contributed by atoms with van der Waals surface area (Å²) in [7, 11) is 0. The molecular weight excluding hydrogens is 504 g/mol. The Hall–Kier alpha value is -5.01. The van der Waals surface area contributed by atoms with Crippen LogP contribution in [0.4, 0.5) is 11.4 Å². The first-order valence-electron chi connectivity index (χ1n) is 13.1. The standard InChI is InChI=1S/C30H28N8O2/c1-18-14-37(15-19(2)34-18)25-9-8-24(27-28(25)33-11-10-32-27)30(39)36-22-12-26(29-35-20(3)16-38(29)17-22)40-23-6-4-21(13-31)5-7-23/h4-12,16-19,34H,14-15H2,1-3H3,(H,36,39)/t18-,19-/m1/s1. The van der Waals surface area contributed by atoms with E-state index < -0.39 is 0 Å². The molecule has 10 heteroatoms. The number of benzene rings is 2. The van der Waals surface area contributed by atoms with Crippen LogP contribution in [0.5, 0.6) is 11.5 Å². The molecule has 0 aliphatic carbocycles. The Morgan fingerprint density at radius 2 is 1.77 bits per heavy atom. The number of carbonyl (C=O) groups excluding carboxylic acids is 1. The maximum Gasteiger partial charge on any atom is 0.257 e. The highest BCUT2D eigenvalue weighted by Gasteiger charge is 2.25. The van der Waals surface area contributed by atoms with Crippen molar-refractivity contribution in [2.75, 3.05) is 23.3 Å². The molecule has 1 saturated heterocycles. The summed E-state index contributed by atoms with van der Waals surface area (Å²) in [5.41, 5.74) is 5.13. The number of nitriles is 1. The first kappa shape index (κ1) is 25.3. The number of hydrogen-bond acceptors (Lipinski definition) is 8. The highest BCUT2D eigenvalue weighted by atomic mass is 16.5. The van der Waals surface area contributed by atoms with Gasteiger partial charge in [0, 0.05) is 56.0 Å². The van der Waals surface area contributed by atoms with Crippen LogP contribution in [-0.2, 0) is 0 Å². The molecule has 200 valence electrons. The molecule has 40 heavy (non-hydrogen) atoms. The zero-order valence-electron chi connectivity index (χ0n) is 22.4. The van der Waals surface area contributed by atoms with E-state index in [1.165, 1.54) is 0 Å². The van der Waals surface area contributed by atoms with E-state index in [1.54, 1.807) is 48.9 Å². The van der Waals surface area contributed by atoms with Crippen LogP contribution in [0.25, 0.3) is 16.7 Å². The summed E-state index contributed by atoms with van der Waals surface area (Å²) in [6.45, 7) is 7.90. The van der Waals surface area contributed by atoms with Crippen LogP contribution >= 0.6 is 0 Å². The maximum absolute atomic E-state index is 13.6. The van der Waals surface area contributed by atoms with Crippen molar-refractivity contribution in [2.45, 2.75) is 32.9 Å². The second-order valence-electron chi connectivity index (χ2n) is 10.2. The van der Waals surface area contributed by atoms with Gasteiger partial charge in [-0.3, -0.25) is 14.8 Å². The molecule has 1 amide bonds. The summed E-state index contributed by atoms with van der Waals surface area (Å²) in [6, 6.07) is 15.1. The van der Waals surface area contributed by atoms with Crippen molar-refractivity contribution >= 4 is 34.0 Å². The molecule has 0 bridgehead atoms. The van der Waals surface area contributed by atoms with Gasteiger partial charge in [-0.1, -0.05) is 0 Å². The van der Waals surface area contributed by atoms with Gasteiger partial charge < -0.3 is 24.7 Å². The van der Waals surface area contributed by atoms with Gasteiger partial charge in [0.25, 0.3) is 5.91 Å². The van der Waals surface area contributed by atoms with Crippen molar-refractivity contribution in [3.63, 3.8) is 0 Å². The number of aryl methyl sites for hydroxylation is 1. The zero-order valence-corrected chi connectivity index (χ0v) is 22.4. The third kappa shape index (κ3) is 4.90. The van der Waals surface area contributed by atoms with E-state index in [-0.39, 0.29) is 5.91 Å². The fourth-order valence-corrected chi connectivity index (χ4v) is 5.26. The smallest absolute Gasteiger partial charge is 0.257 e. The number of amides is 1. The fourth-order valence-electron chi connectivity index (χ4n) is 5.26. The largest absolute Gasteiger partial charge is 0.453 e. The Kier molecular flexibility index (Phi) is 6.50. The van der Waals surface area contributed by atoms with E-state index in [4.69, 9.17) is 10.00 Å². The lowest BCUT2D eigenvalue weighted by Crippen LogP contribution is -2.54. The summed E-state index contributed by atoms with van der Waals surface area (Å²) in [5.74, 6) is 0.718. The fraction of sp³-hybridized carbons (Fsp3) is 0.233. The number of anilines is 2. The van der Waals surface area contributed by atoms with Gasteiger partial charge in [0.1, 0.15) is 16.8 Å². The van der Waals surface area contributed by atoms with Crippen molar-refractivity contribution in [1.82, 2.24) is 24.7 Å². The third-order valence-corrected chi connectivity index (χ3v) is 6.85. The van der Waals surface area contributed by atoms with Crippen LogP contribution in [0.1, 0.15) is 35.5 Å². The van der Waals surface area contributed by atoms with Crippen molar-refractivity contribution in [3.05, 3.63) is 84.1 Å². The number of carbonyl (C=O) groups is 1. The topological polar surface area (TPSA) is 120 Å². The SMILES string of the molecule is Cc1cn2cc(NC(=O)c3ccc(N4C[C@@H](C)N[C@H](C)C4)c4nccnc34)cc(Oc3ccc(C#N)cc3)c2n1. The number of aromatic nitrogens is 4. The molecule has 1 aliphatic heterocycles. The number of nitrogens with one attached hydrogen (secondary N) is 2. The number of imidazole rings is 1. The minimum absolute atomic E-state index is 0.306. The molecule has 5 aromatic rings. The molecule has 1 aliphatic rings. The van der Waals surface area contributed by atoms with Crippen molar-refractivity contribution in [1.29, 1.82) is 5.26 Å². The van der Waals surface area contributed by atoms with Crippen molar-refractivity contribution < 1.29 is 9.53 Å². The van der Waals surface area contributed by atoms with Crippen LogP contribution in [0, 0.1) is 18.3 Å². The van der Waals surface area contributed by atoms with Crippen molar-refractivity contribution in [2.24, 2.45) is 0 Å². The number of fused-ring (bicyclic) bond motifs is 2. The summed E-state index contributed by atoms with van der Waals surface area (Å²) < 4.78 is 7.94. The highest BCUT2D eigenvalue weighted by Crippen LogP contribution is 2.31. The monoisotopic (exact) mass is 532 g/mol. The summed E-state index contributed by atoms with van der Waals surface area (Å²) in [6.07, 6.45) is 6.92. The van der Waals surface area contributed by atoms with Crippen LogP contribution in [0.3, 0.4) is 0 Å². The average molecular weight is 533 g/mol. The molecule has 0 spiro atoms. The van der Waals surface area contributed by atoms with Crippen LogP contribution in [-0.4, -0.2) is 50.4 Å². The predicted molar refractivity (Wildman–Crippen MR) is 153 cm³/mol. The average Bonchev–Trinajstić information content (AvgIpc) is 3.32. The molecule has 2 atom stereocenters. The van der Waals surface area contributed by atoms with Gasteiger partial charge in [0.15, 0.2) is 11.4 Å². The lowest BCUT2D eigenvalue weighted by molar-refractivity contribution is 0.102. The molecule has 10 nitrogen and oxygen atoms in total. The van der Waals surface area contributed by atoms with Gasteiger partial charge in [0.05, 0.1) is 34.3 Å². The Morgan fingerprint density at radius 1 is 1.05 bits per heavy atom. The second kappa shape index (κ2) is 10.3. The summed E-state index contributed by atoms with van der Waals surface area (Å²) in [4.78, 5) is 29.6. The van der Waals surface area contributed by atoms with Crippen LogP contribution < -0.4 is 20.3 Å². The number of piperazine rings is 1. The lowest BCUT2D eigenvalue weighted by Gasteiger charge is -2.38. The molecule has 4 heterocycles. The molecule has 0 unspecified atom stereocenters. The van der Waals surface area contributed by atoms with Crippen molar-refractivity contribution in [3.8, 4) is 17.6 Å². The molecular formula is C30H28N8O2. The number of nitrogens with zero attached hydrogens (tertiary/aromatic N) is 6. The van der Waals surface area contributed by atoms with E-state index >= 15 is 0 Å². The minimum atomic E-state index is -0.306. The first-order valence-corrected chi connectivity index (χ1v) is 13.1. The number of ether oxygens (including phenoxy) is 1. The molecule has 6 rings (SSSR count). The van der Waals surface area contributed by atoms with Gasteiger partial charge in [-0.15, -0.1) is 0 Å². The van der Waals surface area contributed by atoms with E-state index in [2.05, 4.69) is 50.4 Å². The van der Waals surface area contributed by atoms with E-state index in [0.29, 0.717) is 57.1 Å². The van der Waals surface area contributed by atoms with Gasteiger partial charge in [-0.25, -0.2) is 4.98 Å². The van der Waals surface area contributed by atoms with Gasteiger partial charge in [0.2, 0.25) is 0 Å². The van der Waals surface area contributed by atoms with E-state index in [9.17, 15) is 4.79 Å². The maximum atomic E-state index is 13.6. The minimum Gasteiger partial charge on any atom is -0.453 e. The quantitative estimate of drug-likeness (QED) is 0.335. The van der Waals surface area contributed by atoms with Gasteiger partial charge in [-0.2, -0.15) is 5.26 Å². The number of pyridine rings is 1. The van der Waals surface area contributed by atoms with Gasteiger partial charge in [-0.05, 0) is 57.2 Å². The number of hydrogen-bond donors (Lipinski definition) is 2. The van der Waals surface area contributed by atoms with E-state index in [1.807, 2.05) is 29.7 Å². The predicted octanol–water partition coefficient (Wildman–Crippen LogP) is 4.69. The summed E-state index contributed by atoms with van der Waals surface area (Å²) in [5, 5.41) is 15.6. The number of rotatable bonds is 5. The molecule has 2 N–H and O–H groups in total. The lowest BCUT2D eigenvalue weighted by atomic mass is 10.1. The Labute approximate surface area is 231 Å². The highest BCUT2D eigenvalue weighted by molar-refractivity contribution is 6.13. The third-order valence-electron chi connectivity index (χ3n) is 6.85. The normalized spacial score (nSPS) is 17.1. The van der Waals surface area contributed by atoms with Crippen LogP contribution in [0.2, 0.25) is 0 Å². The van der Waals surface area contributed by atoms with E-state index in [0.717, 1.165) is 24.5 Å². The second-order valence-corrected chi connectivity index (χ2v) is 10.2.